The molecule has 0 aliphatic carbocycles. The van der Waals surface area contributed by atoms with Crippen LogP contribution in [0.5, 0.6) is 0 Å². The van der Waals surface area contributed by atoms with Crippen molar-refractivity contribution in [3.8, 4) is 0 Å². The van der Waals surface area contributed by atoms with E-state index in [1.54, 1.807) is 18.7 Å². The van der Waals surface area contributed by atoms with E-state index in [1.165, 1.54) is 0 Å². The lowest BCUT2D eigenvalue weighted by molar-refractivity contribution is -0.135. The summed E-state index contributed by atoms with van der Waals surface area (Å²) in [5, 5.41) is 0. The summed E-state index contributed by atoms with van der Waals surface area (Å²) in [5.41, 5.74) is 0. The number of nitrogens with zero attached hydrogens (tertiary/aromatic N) is 1. The van der Waals surface area contributed by atoms with E-state index in [1.807, 2.05) is 11.2 Å². The van der Waals surface area contributed by atoms with Gasteiger partial charge < -0.3 is 4.90 Å². The third kappa shape index (κ3) is 6.16. The van der Waals surface area contributed by atoms with Crippen LogP contribution in [-0.4, -0.2) is 56.1 Å². The van der Waals surface area contributed by atoms with E-state index in [-0.39, 0.29) is 11.7 Å². The van der Waals surface area contributed by atoms with Crippen LogP contribution in [0.1, 0.15) is 33.6 Å². The minimum absolute atomic E-state index is 0.00283. The molecule has 1 rings (SSSR count). The van der Waals surface area contributed by atoms with Gasteiger partial charge in [0, 0.05) is 13.1 Å². The second-order valence-electron chi connectivity index (χ2n) is 6.04. The Morgan fingerprint density at radius 1 is 1.33 bits per heavy atom. The molecule has 21 heavy (non-hydrogen) atoms. The lowest BCUT2D eigenvalue weighted by atomic mass is 9.91. The first-order valence-electron chi connectivity index (χ1n) is 7.56. The van der Waals surface area contributed by atoms with Crippen LogP contribution in [0.2, 0.25) is 0 Å². The van der Waals surface area contributed by atoms with Gasteiger partial charge in [0.25, 0.3) is 0 Å². The molecule has 1 amide bonds. The average molecular weight is 337 g/mol. The molecule has 3 atom stereocenters. The molecule has 0 bridgehead atoms. The Kier molecular flexibility index (Phi) is 7.50. The lowest BCUT2D eigenvalue weighted by Gasteiger charge is -2.37. The van der Waals surface area contributed by atoms with E-state index in [2.05, 4.69) is 18.6 Å². The zero-order valence-corrected chi connectivity index (χ0v) is 15.1. The second-order valence-corrected chi connectivity index (χ2v) is 9.07. The molecule has 5 nitrogen and oxygen atoms in total. The Morgan fingerprint density at radius 2 is 1.90 bits per heavy atom. The monoisotopic (exact) mass is 336 g/mol. The summed E-state index contributed by atoms with van der Waals surface area (Å²) in [4.78, 5) is 14.5. The van der Waals surface area contributed by atoms with Crippen LogP contribution in [-0.2, 0) is 14.8 Å². The molecule has 0 aromatic heterocycles. The predicted molar refractivity (Wildman–Crippen MR) is 88.9 cm³/mol. The van der Waals surface area contributed by atoms with Gasteiger partial charge >= 0.3 is 0 Å². The van der Waals surface area contributed by atoms with Gasteiger partial charge in [-0.25, -0.2) is 13.1 Å². The van der Waals surface area contributed by atoms with Crippen LogP contribution in [0.25, 0.3) is 0 Å². The summed E-state index contributed by atoms with van der Waals surface area (Å²) >= 11 is 1.62. The Balaban J connectivity index is 2.78. The van der Waals surface area contributed by atoms with Crippen molar-refractivity contribution in [3.63, 3.8) is 0 Å². The third-order valence-electron chi connectivity index (χ3n) is 3.79. The van der Waals surface area contributed by atoms with Crippen LogP contribution in [0.4, 0.5) is 0 Å². The first kappa shape index (κ1) is 18.8. The van der Waals surface area contributed by atoms with Crippen molar-refractivity contribution in [2.75, 3.05) is 30.9 Å². The molecule has 3 unspecified atom stereocenters. The van der Waals surface area contributed by atoms with E-state index in [9.17, 15) is 13.2 Å². The predicted octanol–water partition coefficient (Wildman–Crippen LogP) is 1.55. The fraction of sp³-hybridized carbons (Fsp3) is 0.929. The number of carbonyl (C=O) groups excluding carboxylic acids is 1. The van der Waals surface area contributed by atoms with Gasteiger partial charge in [0.15, 0.2) is 0 Å². The molecule has 0 radical (unpaired) electrons. The summed E-state index contributed by atoms with van der Waals surface area (Å²) in [5.74, 6) is 1.65. The molecule has 0 aromatic rings. The SMILES string of the molecule is CCS(=O)(=O)NC(CCSC)C(=O)N1CC(C)CC(C)C1. The molecule has 124 valence electrons. The van der Waals surface area contributed by atoms with Gasteiger partial charge in [-0.3, -0.25) is 4.79 Å². The maximum absolute atomic E-state index is 12.7. The molecule has 7 heteroatoms. The highest BCUT2D eigenvalue weighted by Crippen LogP contribution is 2.22. The molecule has 0 spiro atoms. The summed E-state index contributed by atoms with van der Waals surface area (Å²) in [6.45, 7) is 7.33. The van der Waals surface area contributed by atoms with E-state index >= 15 is 0 Å². The van der Waals surface area contributed by atoms with Gasteiger partial charge in [-0.15, -0.1) is 0 Å². The van der Waals surface area contributed by atoms with Gasteiger partial charge in [-0.1, -0.05) is 13.8 Å². The normalized spacial score (nSPS) is 24.9. The van der Waals surface area contributed by atoms with Crippen molar-refractivity contribution in [3.05, 3.63) is 0 Å². The van der Waals surface area contributed by atoms with Gasteiger partial charge in [0.1, 0.15) is 6.04 Å². The fourth-order valence-corrected chi connectivity index (χ4v) is 4.12. The topological polar surface area (TPSA) is 66.5 Å². The van der Waals surface area contributed by atoms with Gasteiger partial charge in [-0.2, -0.15) is 11.8 Å². The zero-order chi connectivity index (χ0) is 16.0. The standard InChI is InChI=1S/C14H28N2O3S2/c1-5-21(18,19)15-13(6-7-20-4)14(17)16-9-11(2)8-12(3)10-16/h11-13,15H,5-10H2,1-4H3. The van der Waals surface area contributed by atoms with Crippen LogP contribution in [0.3, 0.4) is 0 Å². The summed E-state index contributed by atoms with van der Waals surface area (Å²) < 4.78 is 26.2. The van der Waals surface area contributed by atoms with Crippen molar-refractivity contribution in [1.29, 1.82) is 0 Å². The second kappa shape index (κ2) is 8.39. The fourth-order valence-electron chi connectivity index (χ4n) is 2.83. The molecular formula is C14H28N2O3S2. The highest BCUT2D eigenvalue weighted by Gasteiger charge is 2.31. The molecule has 1 N–H and O–H groups in total. The Hall–Kier alpha value is -0.270. The van der Waals surface area contributed by atoms with Gasteiger partial charge in [0.05, 0.1) is 5.75 Å². The van der Waals surface area contributed by atoms with Crippen molar-refractivity contribution in [2.24, 2.45) is 11.8 Å². The van der Waals surface area contributed by atoms with E-state index in [0.29, 0.717) is 18.3 Å². The molecule has 1 fully saturated rings. The maximum Gasteiger partial charge on any atom is 0.240 e. The molecule has 1 aliphatic heterocycles. The third-order valence-corrected chi connectivity index (χ3v) is 5.84. The first-order valence-corrected chi connectivity index (χ1v) is 10.6. The van der Waals surface area contributed by atoms with Crippen LogP contribution >= 0.6 is 11.8 Å². The summed E-state index contributed by atoms with van der Waals surface area (Å²) in [6, 6.07) is -0.625. The van der Waals surface area contributed by atoms with Gasteiger partial charge in [0.2, 0.25) is 15.9 Å². The minimum atomic E-state index is -3.37. The lowest BCUT2D eigenvalue weighted by Crippen LogP contribution is -2.52. The molecule has 1 aliphatic rings. The number of sulfonamides is 1. The highest BCUT2D eigenvalue weighted by atomic mass is 32.2. The van der Waals surface area contributed by atoms with Crippen LogP contribution < -0.4 is 4.72 Å². The zero-order valence-electron chi connectivity index (χ0n) is 13.5. The number of hydrogen-bond donors (Lipinski definition) is 1. The first-order chi connectivity index (χ1) is 9.79. The molecule has 0 saturated carbocycles. The average Bonchev–Trinajstić information content (AvgIpc) is 2.41. The summed E-state index contributed by atoms with van der Waals surface area (Å²) in [7, 11) is -3.37. The Morgan fingerprint density at radius 3 is 2.38 bits per heavy atom. The number of rotatable bonds is 7. The number of carbonyl (C=O) groups is 1. The highest BCUT2D eigenvalue weighted by molar-refractivity contribution is 7.98. The quantitative estimate of drug-likeness (QED) is 0.766. The van der Waals surface area contributed by atoms with Crippen LogP contribution in [0, 0.1) is 11.8 Å². The number of hydrogen-bond acceptors (Lipinski definition) is 4. The Labute approximate surface area is 133 Å². The number of likely N-dealkylation sites (tertiary alicyclic amines) is 1. The molecular weight excluding hydrogens is 308 g/mol. The van der Waals surface area contributed by atoms with Crippen molar-refractivity contribution < 1.29 is 13.2 Å². The van der Waals surface area contributed by atoms with Crippen LogP contribution in [0.15, 0.2) is 0 Å². The Bertz CT molecular complexity index is 430. The van der Waals surface area contributed by atoms with E-state index < -0.39 is 16.1 Å². The van der Waals surface area contributed by atoms with E-state index in [4.69, 9.17) is 0 Å². The van der Waals surface area contributed by atoms with E-state index in [0.717, 1.165) is 25.3 Å². The maximum atomic E-state index is 12.7. The summed E-state index contributed by atoms with van der Waals surface area (Å²) in [6.07, 6.45) is 3.62. The van der Waals surface area contributed by atoms with Crippen molar-refractivity contribution in [2.45, 2.75) is 39.7 Å². The largest absolute Gasteiger partial charge is 0.341 e. The number of nitrogens with one attached hydrogen (secondary N) is 1. The smallest absolute Gasteiger partial charge is 0.240 e. The van der Waals surface area contributed by atoms with Crippen molar-refractivity contribution >= 4 is 27.7 Å². The molecule has 0 aromatic carbocycles. The minimum Gasteiger partial charge on any atom is -0.341 e. The van der Waals surface area contributed by atoms with Gasteiger partial charge in [-0.05, 0) is 43.6 Å². The number of amides is 1. The molecule has 1 heterocycles. The van der Waals surface area contributed by atoms with Crippen molar-refractivity contribution in [1.82, 2.24) is 9.62 Å². The molecule has 1 saturated heterocycles. The number of piperidine rings is 1. The number of thioether (sulfide) groups is 1.